The monoisotopic (exact) mass is 282 g/mol. The highest BCUT2D eigenvalue weighted by atomic mass is 16.1. The Morgan fingerprint density at radius 2 is 1.50 bits per heavy atom. The van der Waals surface area contributed by atoms with Gasteiger partial charge in [0.05, 0.1) is 11.2 Å². The van der Waals surface area contributed by atoms with Gasteiger partial charge in [-0.2, -0.15) is 0 Å². The molecule has 5 rings (SSSR count). The Kier molecular flexibility index (Phi) is 2.09. The highest BCUT2D eigenvalue weighted by Gasteiger charge is 2.27. The fraction of sp³-hybridized carbons (Fsp3) is 0. The number of carbonyl (C=O) groups excluding carboxylic acids is 1. The first-order valence-electron chi connectivity index (χ1n) is 7.16. The van der Waals surface area contributed by atoms with Gasteiger partial charge >= 0.3 is 0 Å². The molecule has 2 aromatic carbocycles. The standard InChI is InChI=1S/C19H10N2O/c22-19-14-7-2-1-6-13(14)17-16-12(9-10-20-18(16)19)11-5-3-4-8-15(11)21-17/h1-10H. The molecule has 102 valence electrons. The van der Waals surface area contributed by atoms with E-state index >= 15 is 0 Å². The number of carbonyl (C=O) groups is 1. The number of nitrogens with zero attached hydrogens (tertiary/aromatic N) is 2. The summed E-state index contributed by atoms with van der Waals surface area (Å²) in [6.07, 6.45) is 1.71. The molecule has 0 unspecified atom stereocenters. The number of hydrogen-bond acceptors (Lipinski definition) is 3. The third-order valence-electron chi connectivity index (χ3n) is 4.26. The second-order valence-electron chi connectivity index (χ2n) is 5.43. The molecule has 0 radical (unpaired) electrons. The lowest BCUT2D eigenvalue weighted by molar-refractivity contribution is 0.103. The average molecular weight is 282 g/mol. The first kappa shape index (κ1) is 11.6. The molecule has 0 saturated carbocycles. The van der Waals surface area contributed by atoms with Crippen molar-refractivity contribution in [2.24, 2.45) is 0 Å². The van der Waals surface area contributed by atoms with Crippen LogP contribution in [0, 0.1) is 0 Å². The largest absolute Gasteiger partial charge is 0.287 e. The van der Waals surface area contributed by atoms with E-state index in [1.165, 1.54) is 0 Å². The summed E-state index contributed by atoms with van der Waals surface area (Å²) in [5, 5.41) is 2.95. The van der Waals surface area contributed by atoms with Gasteiger partial charge in [0, 0.05) is 28.1 Å². The van der Waals surface area contributed by atoms with Crippen LogP contribution >= 0.6 is 0 Å². The molecular weight excluding hydrogens is 272 g/mol. The van der Waals surface area contributed by atoms with Crippen molar-refractivity contribution in [1.82, 2.24) is 9.97 Å². The van der Waals surface area contributed by atoms with Crippen molar-refractivity contribution in [3.63, 3.8) is 0 Å². The van der Waals surface area contributed by atoms with Gasteiger partial charge in [-0.05, 0) is 17.5 Å². The molecule has 4 aromatic rings. The van der Waals surface area contributed by atoms with E-state index in [-0.39, 0.29) is 5.78 Å². The summed E-state index contributed by atoms with van der Waals surface area (Å²) < 4.78 is 0. The summed E-state index contributed by atoms with van der Waals surface area (Å²) in [7, 11) is 0. The summed E-state index contributed by atoms with van der Waals surface area (Å²) in [4.78, 5) is 21.9. The van der Waals surface area contributed by atoms with Gasteiger partial charge in [0.2, 0.25) is 5.78 Å². The Morgan fingerprint density at radius 1 is 0.727 bits per heavy atom. The number of hydrogen-bond donors (Lipinski definition) is 0. The fourth-order valence-corrected chi connectivity index (χ4v) is 3.28. The quantitative estimate of drug-likeness (QED) is 0.403. The molecule has 3 nitrogen and oxygen atoms in total. The maximum absolute atomic E-state index is 12.7. The van der Waals surface area contributed by atoms with E-state index in [9.17, 15) is 4.79 Å². The van der Waals surface area contributed by atoms with Crippen LogP contribution in [-0.4, -0.2) is 15.8 Å². The number of aromatic nitrogens is 2. The summed E-state index contributed by atoms with van der Waals surface area (Å²) in [5.74, 6) is -0.0224. The third-order valence-corrected chi connectivity index (χ3v) is 4.26. The van der Waals surface area contributed by atoms with E-state index in [2.05, 4.69) is 4.98 Å². The van der Waals surface area contributed by atoms with Crippen LogP contribution in [0.3, 0.4) is 0 Å². The van der Waals surface area contributed by atoms with E-state index in [0.29, 0.717) is 11.3 Å². The van der Waals surface area contributed by atoms with Crippen molar-refractivity contribution in [2.75, 3.05) is 0 Å². The van der Waals surface area contributed by atoms with E-state index in [0.717, 1.165) is 32.9 Å². The molecule has 3 heteroatoms. The van der Waals surface area contributed by atoms with E-state index < -0.39 is 0 Å². The van der Waals surface area contributed by atoms with E-state index in [4.69, 9.17) is 4.98 Å². The van der Waals surface area contributed by atoms with E-state index in [1.807, 2.05) is 54.6 Å². The van der Waals surface area contributed by atoms with Gasteiger partial charge < -0.3 is 0 Å². The van der Waals surface area contributed by atoms with Crippen molar-refractivity contribution < 1.29 is 4.79 Å². The molecule has 1 aliphatic carbocycles. The second-order valence-corrected chi connectivity index (χ2v) is 5.43. The van der Waals surface area contributed by atoms with Gasteiger partial charge in [0.25, 0.3) is 0 Å². The van der Waals surface area contributed by atoms with Gasteiger partial charge in [-0.25, -0.2) is 4.98 Å². The van der Waals surface area contributed by atoms with Crippen LogP contribution in [0.15, 0.2) is 60.8 Å². The van der Waals surface area contributed by atoms with Crippen LogP contribution in [0.25, 0.3) is 32.9 Å². The average Bonchev–Trinajstić information content (AvgIpc) is 2.59. The maximum atomic E-state index is 12.7. The zero-order chi connectivity index (χ0) is 14.7. The number of pyridine rings is 2. The van der Waals surface area contributed by atoms with Crippen molar-refractivity contribution in [2.45, 2.75) is 0 Å². The van der Waals surface area contributed by atoms with Gasteiger partial charge in [-0.15, -0.1) is 0 Å². The molecule has 2 aromatic heterocycles. The number of benzene rings is 2. The van der Waals surface area contributed by atoms with Gasteiger partial charge in [0.15, 0.2) is 0 Å². The number of ketones is 1. The zero-order valence-corrected chi connectivity index (χ0v) is 11.6. The van der Waals surface area contributed by atoms with Gasteiger partial charge in [-0.3, -0.25) is 9.78 Å². The van der Waals surface area contributed by atoms with Crippen LogP contribution < -0.4 is 0 Å². The minimum absolute atomic E-state index is 0.0224. The summed E-state index contributed by atoms with van der Waals surface area (Å²) >= 11 is 0. The van der Waals surface area contributed by atoms with Crippen LogP contribution in [-0.2, 0) is 0 Å². The third kappa shape index (κ3) is 1.33. The minimum atomic E-state index is -0.0224. The number of fused-ring (bicyclic) bond motifs is 4. The highest BCUT2D eigenvalue weighted by Crippen LogP contribution is 2.39. The molecule has 0 spiro atoms. The SMILES string of the molecule is O=C1c2ccccc2-c2nc3ccccc3c3ccnc1c23. The summed E-state index contributed by atoms with van der Waals surface area (Å²) in [6.45, 7) is 0. The smallest absolute Gasteiger partial charge is 0.212 e. The fourth-order valence-electron chi connectivity index (χ4n) is 3.28. The first-order chi connectivity index (χ1) is 10.8. The lowest BCUT2D eigenvalue weighted by atomic mass is 9.87. The van der Waals surface area contributed by atoms with Crippen LogP contribution in [0.4, 0.5) is 0 Å². The van der Waals surface area contributed by atoms with Crippen molar-refractivity contribution in [3.8, 4) is 11.3 Å². The van der Waals surface area contributed by atoms with E-state index in [1.54, 1.807) is 6.20 Å². The number of rotatable bonds is 0. The van der Waals surface area contributed by atoms with Crippen molar-refractivity contribution >= 4 is 27.5 Å². The molecule has 22 heavy (non-hydrogen) atoms. The second kappa shape index (κ2) is 3.98. The van der Waals surface area contributed by atoms with Crippen LogP contribution in [0.2, 0.25) is 0 Å². The van der Waals surface area contributed by atoms with Gasteiger partial charge in [-0.1, -0.05) is 42.5 Å². The molecule has 1 aliphatic rings. The Labute approximate surface area is 126 Å². The molecular formula is C19H10N2O. The molecule has 0 aliphatic heterocycles. The Bertz CT molecular complexity index is 1100. The predicted molar refractivity (Wildman–Crippen MR) is 85.9 cm³/mol. The normalized spacial score (nSPS) is 12.6. The molecule has 0 saturated heterocycles. The molecule has 0 fully saturated rings. The van der Waals surface area contributed by atoms with Crippen LogP contribution in [0.5, 0.6) is 0 Å². The Hall–Kier alpha value is -3.07. The Morgan fingerprint density at radius 3 is 2.41 bits per heavy atom. The molecule has 0 atom stereocenters. The molecule has 0 bridgehead atoms. The first-order valence-corrected chi connectivity index (χ1v) is 7.16. The van der Waals surface area contributed by atoms with Crippen LogP contribution in [0.1, 0.15) is 16.1 Å². The molecule has 2 heterocycles. The number of para-hydroxylation sites is 1. The zero-order valence-electron chi connectivity index (χ0n) is 11.6. The maximum Gasteiger partial charge on any atom is 0.212 e. The highest BCUT2D eigenvalue weighted by molar-refractivity contribution is 6.27. The molecule has 0 N–H and O–H groups in total. The Balaban J connectivity index is 2.11. The van der Waals surface area contributed by atoms with Crippen molar-refractivity contribution in [1.29, 1.82) is 0 Å². The summed E-state index contributed by atoms with van der Waals surface area (Å²) in [5.41, 5.74) is 3.87. The lowest BCUT2D eigenvalue weighted by Crippen LogP contribution is -2.12. The van der Waals surface area contributed by atoms with Gasteiger partial charge in [0.1, 0.15) is 5.69 Å². The summed E-state index contributed by atoms with van der Waals surface area (Å²) in [6, 6.07) is 17.6. The predicted octanol–water partition coefficient (Wildman–Crippen LogP) is 3.99. The molecule has 0 amide bonds. The minimum Gasteiger partial charge on any atom is -0.287 e. The van der Waals surface area contributed by atoms with Crippen molar-refractivity contribution in [3.05, 3.63) is 72.1 Å². The topological polar surface area (TPSA) is 42.9 Å². The lowest BCUT2D eigenvalue weighted by Gasteiger charge is -2.19.